The molecule has 4 rings (SSSR count). The van der Waals surface area contributed by atoms with Crippen molar-refractivity contribution >= 4 is 34.4 Å². The molecule has 0 unspecified atom stereocenters. The van der Waals surface area contributed by atoms with Gasteiger partial charge in [0.15, 0.2) is 0 Å². The van der Waals surface area contributed by atoms with Crippen molar-refractivity contribution in [1.29, 1.82) is 0 Å². The number of halogens is 1. The number of carbonyl (C=O) groups is 2. The number of carbonyl (C=O) groups excluding carboxylic acids is 2. The summed E-state index contributed by atoms with van der Waals surface area (Å²) < 4.78 is 7.78. The van der Waals surface area contributed by atoms with Crippen molar-refractivity contribution in [2.45, 2.75) is 20.1 Å². The number of hydrogen-bond acceptors (Lipinski definition) is 4. The average molecular weight is 427 g/mol. The van der Waals surface area contributed by atoms with Crippen LogP contribution >= 0.6 is 11.6 Å². The maximum atomic E-state index is 13.0. The number of ether oxygens (including phenoxy) is 1. The fourth-order valence-corrected chi connectivity index (χ4v) is 3.72. The van der Waals surface area contributed by atoms with E-state index in [0.29, 0.717) is 42.8 Å². The topological polar surface area (TPSA) is 67.7 Å². The van der Waals surface area contributed by atoms with Gasteiger partial charge in [-0.25, -0.2) is 4.98 Å². The van der Waals surface area contributed by atoms with Crippen molar-refractivity contribution in [2.75, 3.05) is 26.2 Å². The van der Waals surface area contributed by atoms with Gasteiger partial charge in [0.25, 0.3) is 0 Å². The number of nitrogens with zero attached hydrogens (tertiary/aromatic N) is 4. The molecule has 30 heavy (non-hydrogen) atoms. The van der Waals surface area contributed by atoms with E-state index in [4.69, 9.17) is 16.3 Å². The van der Waals surface area contributed by atoms with Gasteiger partial charge in [-0.15, -0.1) is 0 Å². The predicted molar refractivity (Wildman–Crippen MR) is 114 cm³/mol. The number of amides is 2. The van der Waals surface area contributed by atoms with Crippen LogP contribution in [0.25, 0.3) is 11.0 Å². The highest BCUT2D eigenvalue weighted by atomic mass is 35.5. The Kier molecular flexibility index (Phi) is 5.90. The molecule has 2 aromatic carbocycles. The van der Waals surface area contributed by atoms with Crippen LogP contribution in [0.4, 0.5) is 0 Å². The molecule has 3 aromatic rings. The van der Waals surface area contributed by atoms with E-state index in [-0.39, 0.29) is 25.0 Å². The van der Waals surface area contributed by atoms with Crippen LogP contribution in [0.1, 0.15) is 12.7 Å². The second-order valence-corrected chi connectivity index (χ2v) is 7.67. The van der Waals surface area contributed by atoms with Crippen LogP contribution in [0.2, 0.25) is 5.02 Å². The predicted octanol–water partition coefficient (Wildman–Crippen LogP) is 2.96. The Hall–Kier alpha value is -3.06. The lowest BCUT2D eigenvalue weighted by molar-refractivity contribution is -0.138. The van der Waals surface area contributed by atoms with Crippen LogP contribution in [0.5, 0.6) is 5.75 Å². The Morgan fingerprint density at radius 3 is 2.37 bits per heavy atom. The van der Waals surface area contributed by atoms with Crippen molar-refractivity contribution in [3.8, 4) is 5.75 Å². The summed E-state index contributed by atoms with van der Waals surface area (Å²) in [6.07, 6.45) is 0. The first-order valence-electron chi connectivity index (χ1n) is 9.87. The fraction of sp³-hybridized carbons (Fsp3) is 0.318. The monoisotopic (exact) mass is 426 g/mol. The third-order valence-corrected chi connectivity index (χ3v) is 5.54. The summed E-state index contributed by atoms with van der Waals surface area (Å²) in [5.41, 5.74) is 1.71. The van der Waals surface area contributed by atoms with Gasteiger partial charge in [0.2, 0.25) is 11.8 Å². The Morgan fingerprint density at radius 2 is 1.67 bits per heavy atom. The molecule has 0 aliphatic carbocycles. The lowest BCUT2D eigenvalue weighted by atomic mass is 10.3. The van der Waals surface area contributed by atoms with E-state index in [1.807, 2.05) is 28.8 Å². The summed E-state index contributed by atoms with van der Waals surface area (Å²) in [7, 11) is 0. The molecule has 0 radical (unpaired) electrons. The third kappa shape index (κ3) is 4.41. The third-order valence-electron chi connectivity index (χ3n) is 5.29. The summed E-state index contributed by atoms with van der Waals surface area (Å²) in [5, 5.41) is 0.644. The lowest BCUT2D eigenvalue weighted by Crippen LogP contribution is -2.50. The average Bonchev–Trinajstić information content (AvgIpc) is 3.11. The van der Waals surface area contributed by atoms with E-state index < -0.39 is 0 Å². The van der Waals surface area contributed by atoms with Gasteiger partial charge in [0.1, 0.15) is 24.7 Å². The second kappa shape index (κ2) is 8.75. The summed E-state index contributed by atoms with van der Waals surface area (Å²) in [6, 6.07) is 14.9. The van der Waals surface area contributed by atoms with Crippen molar-refractivity contribution in [3.63, 3.8) is 0 Å². The molecule has 0 bridgehead atoms. The van der Waals surface area contributed by atoms with E-state index in [9.17, 15) is 9.59 Å². The summed E-state index contributed by atoms with van der Waals surface area (Å²) in [5.74, 6) is 1.42. The molecule has 0 atom stereocenters. The van der Waals surface area contributed by atoms with Gasteiger partial charge < -0.3 is 19.1 Å². The Bertz CT molecular complexity index is 1060. The highest BCUT2D eigenvalue weighted by Crippen LogP contribution is 2.20. The highest BCUT2D eigenvalue weighted by Gasteiger charge is 2.24. The van der Waals surface area contributed by atoms with Crippen molar-refractivity contribution in [3.05, 3.63) is 59.4 Å². The molecule has 0 N–H and O–H groups in total. The molecule has 0 saturated carbocycles. The lowest BCUT2D eigenvalue weighted by Gasteiger charge is -2.34. The number of imidazole rings is 1. The quantitative estimate of drug-likeness (QED) is 0.629. The first-order valence-corrected chi connectivity index (χ1v) is 10.2. The van der Waals surface area contributed by atoms with E-state index in [1.165, 1.54) is 0 Å². The molecule has 1 aliphatic heterocycles. The van der Waals surface area contributed by atoms with Gasteiger partial charge in [-0.2, -0.15) is 0 Å². The first-order chi connectivity index (χ1) is 14.5. The van der Waals surface area contributed by atoms with E-state index in [1.54, 1.807) is 41.0 Å². The standard InChI is InChI=1S/C22H23ClN4O3/c1-16(28)25-10-12-26(13-11-25)22(29)14-27-20-5-3-2-4-19(20)24-21(27)15-30-18-8-6-17(23)7-9-18/h2-9H,10-15H2,1H3. The number of aromatic nitrogens is 2. The Labute approximate surface area is 179 Å². The maximum absolute atomic E-state index is 13.0. The van der Waals surface area contributed by atoms with Crippen LogP contribution in [-0.2, 0) is 22.7 Å². The molecular formula is C22H23ClN4O3. The minimum atomic E-state index is 0.00842. The number of para-hydroxylation sites is 2. The van der Waals surface area contributed by atoms with Gasteiger partial charge in [-0.05, 0) is 36.4 Å². The zero-order chi connectivity index (χ0) is 21.1. The number of piperazine rings is 1. The molecule has 1 aliphatic rings. The number of fused-ring (bicyclic) bond motifs is 1. The zero-order valence-corrected chi connectivity index (χ0v) is 17.5. The number of benzene rings is 2. The maximum Gasteiger partial charge on any atom is 0.242 e. The fourth-order valence-electron chi connectivity index (χ4n) is 3.60. The Morgan fingerprint density at radius 1 is 1.00 bits per heavy atom. The van der Waals surface area contributed by atoms with Crippen LogP contribution in [0.3, 0.4) is 0 Å². The van der Waals surface area contributed by atoms with Gasteiger partial charge in [-0.3, -0.25) is 9.59 Å². The van der Waals surface area contributed by atoms with Crippen LogP contribution in [-0.4, -0.2) is 57.3 Å². The van der Waals surface area contributed by atoms with Crippen molar-refractivity contribution in [1.82, 2.24) is 19.4 Å². The molecule has 2 heterocycles. The second-order valence-electron chi connectivity index (χ2n) is 7.23. The molecule has 1 fully saturated rings. The van der Waals surface area contributed by atoms with E-state index in [2.05, 4.69) is 4.98 Å². The molecule has 1 aromatic heterocycles. The van der Waals surface area contributed by atoms with Crippen LogP contribution < -0.4 is 4.74 Å². The van der Waals surface area contributed by atoms with Gasteiger partial charge in [0.05, 0.1) is 11.0 Å². The number of rotatable bonds is 5. The van der Waals surface area contributed by atoms with E-state index >= 15 is 0 Å². The minimum Gasteiger partial charge on any atom is -0.486 e. The molecule has 1 saturated heterocycles. The van der Waals surface area contributed by atoms with Crippen LogP contribution in [0, 0.1) is 0 Å². The van der Waals surface area contributed by atoms with Crippen molar-refractivity contribution < 1.29 is 14.3 Å². The first kappa shape index (κ1) is 20.2. The largest absolute Gasteiger partial charge is 0.486 e. The summed E-state index contributed by atoms with van der Waals surface area (Å²) >= 11 is 5.93. The zero-order valence-electron chi connectivity index (χ0n) is 16.8. The van der Waals surface area contributed by atoms with Crippen LogP contribution in [0.15, 0.2) is 48.5 Å². The van der Waals surface area contributed by atoms with Gasteiger partial charge in [-0.1, -0.05) is 23.7 Å². The molecule has 156 valence electrons. The molecule has 7 nitrogen and oxygen atoms in total. The molecule has 2 amide bonds. The van der Waals surface area contributed by atoms with Gasteiger partial charge >= 0.3 is 0 Å². The van der Waals surface area contributed by atoms with Gasteiger partial charge in [0, 0.05) is 38.1 Å². The Balaban J connectivity index is 1.51. The summed E-state index contributed by atoms with van der Waals surface area (Å²) in [6.45, 7) is 4.20. The van der Waals surface area contributed by atoms with Crippen molar-refractivity contribution in [2.24, 2.45) is 0 Å². The van der Waals surface area contributed by atoms with E-state index in [0.717, 1.165) is 11.0 Å². The molecular weight excluding hydrogens is 404 g/mol. The minimum absolute atomic E-state index is 0.00842. The SMILES string of the molecule is CC(=O)N1CCN(C(=O)Cn2c(COc3ccc(Cl)cc3)nc3ccccc32)CC1. The summed E-state index contributed by atoms with van der Waals surface area (Å²) in [4.78, 5) is 32.7. The molecule has 8 heteroatoms. The smallest absolute Gasteiger partial charge is 0.242 e. The number of hydrogen-bond donors (Lipinski definition) is 0. The normalized spacial score (nSPS) is 14.2. The molecule has 0 spiro atoms. The highest BCUT2D eigenvalue weighted by molar-refractivity contribution is 6.30.